The molecule has 0 aliphatic rings. The summed E-state index contributed by atoms with van der Waals surface area (Å²) in [6, 6.07) is 3.89. The molecular formula is C21H33N5O3S. The monoisotopic (exact) mass is 435 g/mol. The van der Waals surface area contributed by atoms with E-state index in [0.29, 0.717) is 29.7 Å². The van der Waals surface area contributed by atoms with Gasteiger partial charge in [-0.05, 0) is 46.0 Å². The summed E-state index contributed by atoms with van der Waals surface area (Å²) in [5.74, 6) is 1.26. The number of carbonyl (C=O) groups is 1. The van der Waals surface area contributed by atoms with Gasteiger partial charge in [0.05, 0.1) is 30.6 Å². The van der Waals surface area contributed by atoms with Crippen LogP contribution in [0.2, 0.25) is 0 Å². The van der Waals surface area contributed by atoms with Gasteiger partial charge in [0.1, 0.15) is 15.6 Å². The summed E-state index contributed by atoms with van der Waals surface area (Å²) in [5.41, 5.74) is 0.685. The van der Waals surface area contributed by atoms with Crippen molar-refractivity contribution >= 4 is 23.3 Å². The average Bonchev–Trinajstić information content (AvgIpc) is 3.40. The Labute approximate surface area is 182 Å². The molecule has 2 aromatic rings. The van der Waals surface area contributed by atoms with Gasteiger partial charge >= 0.3 is 5.97 Å². The molecule has 0 radical (unpaired) electrons. The van der Waals surface area contributed by atoms with E-state index >= 15 is 0 Å². The second-order valence-electron chi connectivity index (χ2n) is 6.76. The van der Waals surface area contributed by atoms with E-state index in [1.807, 2.05) is 26.0 Å². The maximum atomic E-state index is 12.1. The van der Waals surface area contributed by atoms with E-state index < -0.39 is 0 Å². The summed E-state index contributed by atoms with van der Waals surface area (Å²) in [7, 11) is 1.73. The second-order valence-corrected chi connectivity index (χ2v) is 7.79. The molecule has 9 heteroatoms. The highest BCUT2D eigenvalue weighted by Crippen LogP contribution is 2.24. The molecule has 0 amide bonds. The van der Waals surface area contributed by atoms with Crippen LogP contribution in [0.4, 0.5) is 0 Å². The predicted molar refractivity (Wildman–Crippen MR) is 120 cm³/mol. The number of ether oxygens (including phenoxy) is 1. The van der Waals surface area contributed by atoms with Crippen LogP contribution in [0.15, 0.2) is 27.8 Å². The van der Waals surface area contributed by atoms with Crippen molar-refractivity contribution in [3.05, 3.63) is 39.7 Å². The average molecular weight is 436 g/mol. The molecule has 2 aromatic heterocycles. The third-order valence-electron chi connectivity index (χ3n) is 4.81. The van der Waals surface area contributed by atoms with E-state index in [9.17, 15) is 4.79 Å². The minimum absolute atomic E-state index is 0.0985. The molecule has 0 bridgehead atoms. The van der Waals surface area contributed by atoms with E-state index in [-0.39, 0.29) is 18.1 Å². The Hall–Kier alpha value is -2.39. The van der Waals surface area contributed by atoms with Crippen molar-refractivity contribution in [1.82, 2.24) is 20.5 Å². The summed E-state index contributed by atoms with van der Waals surface area (Å²) in [6.45, 7) is 12.7. The van der Waals surface area contributed by atoms with Gasteiger partial charge in [-0.1, -0.05) is 13.8 Å². The van der Waals surface area contributed by atoms with Crippen molar-refractivity contribution < 1.29 is 13.9 Å². The van der Waals surface area contributed by atoms with Crippen molar-refractivity contribution in [2.45, 2.75) is 46.7 Å². The Morgan fingerprint density at radius 2 is 2.10 bits per heavy atom. The molecule has 30 heavy (non-hydrogen) atoms. The lowest BCUT2D eigenvalue weighted by Gasteiger charge is -2.29. The lowest BCUT2D eigenvalue weighted by Crippen LogP contribution is -2.43. The van der Waals surface area contributed by atoms with Crippen molar-refractivity contribution in [2.24, 2.45) is 4.99 Å². The number of carbonyl (C=O) groups excluding carboxylic acids is 1. The van der Waals surface area contributed by atoms with Crippen molar-refractivity contribution in [3.8, 4) is 0 Å². The van der Waals surface area contributed by atoms with Crippen molar-refractivity contribution in [2.75, 3.05) is 33.3 Å². The topological polar surface area (TPSA) is 92.0 Å². The van der Waals surface area contributed by atoms with Gasteiger partial charge in [0.25, 0.3) is 0 Å². The Balaban J connectivity index is 2.04. The second kappa shape index (κ2) is 11.7. The zero-order chi connectivity index (χ0) is 22.1. The smallest absolute Gasteiger partial charge is 0.350 e. The summed E-state index contributed by atoms with van der Waals surface area (Å²) in [5, 5.41) is 7.56. The van der Waals surface area contributed by atoms with Gasteiger partial charge < -0.3 is 19.8 Å². The number of hydrogen-bond donors (Lipinski definition) is 2. The molecule has 2 rings (SSSR count). The number of aliphatic imine (C=N–C) groups is 1. The Morgan fingerprint density at radius 1 is 1.37 bits per heavy atom. The molecule has 0 fully saturated rings. The minimum Gasteiger partial charge on any atom is -0.468 e. The SMILES string of the molecule is CCOC(=O)c1sc(C(C)NC(=NC)NCC(c2ccco2)N(CC)CC)nc1C. The fourth-order valence-corrected chi connectivity index (χ4v) is 4.16. The third kappa shape index (κ3) is 6.06. The quantitative estimate of drug-likeness (QED) is 0.335. The third-order valence-corrected chi connectivity index (χ3v) is 6.13. The van der Waals surface area contributed by atoms with Crippen LogP contribution in [0.25, 0.3) is 0 Å². The van der Waals surface area contributed by atoms with Crippen molar-refractivity contribution in [1.29, 1.82) is 0 Å². The first-order valence-electron chi connectivity index (χ1n) is 10.3. The number of rotatable bonds is 10. The van der Waals surface area contributed by atoms with Gasteiger partial charge in [-0.2, -0.15) is 0 Å². The highest BCUT2D eigenvalue weighted by atomic mass is 32.1. The van der Waals surface area contributed by atoms with Crippen LogP contribution < -0.4 is 10.6 Å². The number of hydrogen-bond acceptors (Lipinski definition) is 7. The summed E-state index contributed by atoms with van der Waals surface area (Å²) in [4.78, 5) is 23.8. The Morgan fingerprint density at radius 3 is 2.67 bits per heavy atom. The maximum absolute atomic E-state index is 12.1. The Kier molecular flexibility index (Phi) is 9.32. The van der Waals surface area contributed by atoms with Gasteiger partial charge in [-0.3, -0.25) is 9.89 Å². The number of nitrogens with one attached hydrogen (secondary N) is 2. The first-order chi connectivity index (χ1) is 14.4. The van der Waals surface area contributed by atoms with Crippen LogP contribution in [-0.4, -0.2) is 55.1 Å². The molecule has 166 valence electrons. The van der Waals surface area contributed by atoms with Crippen LogP contribution in [-0.2, 0) is 4.74 Å². The van der Waals surface area contributed by atoms with Gasteiger partial charge in [0.15, 0.2) is 5.96 Å². The molecule has 2 N–H and O–H groups in total. The van der Waals surface area contributed by atoms with E-state index in [1.54, 1.807) is 20.2 Å². The maximum Gasteiger partial charge on any atom is 0.350 e. The summed E-state index contributed by atoms with van der Waals surface area (Å²) < 4.78 is 10.8. The largest absolute Gasteiger partial charge is 0.468 e. The number of thiazole rings is 1. The lowest BCUT2D eigenvalue weighted by atomic mass is 10.2. The van der Waals surface area contributed by atoms with Gasteiger partial charge in [-0.25, -0.2) is 9.78 Å². The predicted octanol–water partition coefficient (Wildman–Crippen LogP) is 3.53. The standard InChI is InChI=1S/C21H33N5O3S/c1-7-26(8-2)16(17-11-10-12-29-17)13-23-21(22-6)25-15(5)19-24-14(4)18(30-19)20(27)28-9-3/h10-12,15-16H,7-9,13H2,1-6H3,(H2,22,23,25). The van der Waals surface area contributed by atoms with Gasteiger partial charge in [0, 0.05) is 13.6 Å². The molecule has 2 heterocycles. The zero-order valence-electron chi connectivity index (χ0n) is 18.7. The van der Waals surface area contributed by atoms with Crippen molar-refractivity contribution in [3.63, 3.8) is 0 Å². The van der Waals surface area contributed by atoms with Gasteiger partial charge in [-0.15, -0.1) is 11.3 Å². The zero-order valence-corrected chi connectivity index (χ0v) is 19.5. The molecule has 2 atom stereocenters. The van der Waals surface area contributed by atoms with E-state index in [2.05, 4.69) is 39.4 Å². The van der Waals surface area contributed by atoms with E-state index in [4.69, 9.17) is 9.15 Å². The molecule has 0 aromatic carbocycles. The molecule has 2 unspecified atom stereocenters. The lowest BCUT2D eigenvalue weighted by molar-refractivity contribution is 0.0531. The molecule has 0 aliphatic heterocycles. The first kappa shape index (κ1) is 23.9. The fourth-order valence-electron chi connectivity index (χ4n) is 3.20. The van der Waals surface area contributed by atoms with Crippen LogP contribution in [0, 0.1) is 6.92 Å². The summed E-state index contributed by atoms with van der Waals surface area (Å²) in [6.07, 6.45) is 1.70. The highest BCUT2D eigenvalue weighted by Gasteiger charge is 2.23. The molecule has 8 nitrogen and oxygen atoms in total. The first-order valence-corrected chi connectivity index (χ1v) is 11.2. The summed E-state index contributed by atoms with van der Waals surface area (Å²) >= 11 is 1.35. The van der Waals surface area contributed by atoms with Crippen LogP contribution >= 0.6 is 11.3 Å². The number of aromatic nitrogens is 1. The normalized spacial score (nSPS) is 13.9. The molecule has 0 saturated heterocycles. The van der Waals surface area contributed by atoms with Crippen LogP contribution in [0.3, 0.4) is 0 Å². The van der Waals surface area contributed by atoms with Crippen LogP contribution in [0.1, 0.15) is 65.9 Å². The highest BCUT2D eigenvalue weighted by molar-refractivity contribution is 7.13. The molecule has 0 aliphatic carbocycles. The number of esters is 1. The molecule has 0 saturated carbocycles. The van der Waals surface area contributed by atoms with E-state index in [0.717, 1.165) is 23.9 Å². The number of guanidine groups is 1. The van der Waals surface area contributed by atoms with Crippen LogP contribution in [0.5, 0.6) is 0 Å². The molecule has 0 spiro atoms. The number of aryl methyl sites for hydroxylation is 1. The fraction of sp³-hybridized carbons (Fsp3) is 0.571. The van der Waals surface area contributed by atoms with E-state index in [1.165, 1.54) is 11.3 Å². The number of likely N-dealkylation sites (N-methyl/N-ethyl adjacent to an activating group) is 1. The number of nitrogens with zero attached hydrogens (tertiary/aromatic N) is 3. The van der Waals surface area contributed by atoms with Gasteiger partial charge in [0.2, 0.25) is 0 Å². The minimum atomic E-state index is -0.325. The number of furan rings is 1. The Bertz CT molecular complexity index is 815. The molecular weight excluding hydrogens is 402 g/mol.